The quantitative estimate of drug-likeness (QED) is 0.188. The van der Waals surface area contributed by atoms with Gasteiger partial charge in [-0.2, -0.15) is 36.3 Å². The Morgan fingerprint density at radius 2 is 1.27 bits per heavy atom. The molecule has 0 atom stereocenters. The van der Waals surface area contributed by atoms with Crippen molar-refractivity contribution < 1.29 is 31.1 Å². The molecule has 0 radical (unpaired) electrons. The van der Waals surface area contributed by atoms with Gasteiger partial charge in [0.05, 0.1) is 37.2 Å². The number of halogens is 6. The number of anilines is 5. The van der Waals surface area contributed by atoms with Gasteiger partial charge in [-0.25, -0.2) is 4.98 Å². The van der Waals surface area contributed by atoms with Gasteiger partial charge in [0.1, 0.15) is 0 Å². The minimum Gasteiger partial charge on any atom is -0.378 e. The number of ether oxygens (including phenoxy) is 1. The molecule has 228 valence electrons. The lowest BCUT2D eigenvalue weighted by atomic mass is 10.1. The van der Waals surface area contributed by atoms with Gasteiger partial charge in [-0.1, -0.05) is 12.1 Å². The van der Waals surface area contributed by atoms with Crippen molar-refractivity contribution in [2.45, 2.75) is 18.9 Å². The zero-order valence-electron chi connectivity index (χ0n) is 23.0. The highest BCUT2D eigenvalue weighted by atomic mass is 19.4. The molecule has 0 spiro atoms. The first kappa shape index (κ1) is 29.2. The molecule has 0 aliphatic carbocycles. The zero-order chi connectivity index (χ0) is 30.9. The average Bonchev–Trinajstić information content (AvgIpc) is 3.40. The highest BCUT2D eigenvalue weighted by Gasteiger charge is 2.31. The van der Waals surface area contributed by atoms with Crippen LogP contribution in [0, 0.1) is 0 Å². The Bertz CT molecular complexity index is 1730. The van der Waals surface area contributed by atoms with E-state index in [0.717, 1.165) is 43.0 Å². The molecule has 1 fully saturated rings. The van der Waals surface area contributed by atoms with Gasteiger partial charge in [-0.3, -0.25) is 0 Å². The summed E-state index contributed by atoms with van der Waals surface area (Å²) in [6.45, 7) is 3.05. The van der Waals surface area contributed by atoms with E-state index in [1.165, 1.54) is 30.6 Å². The number of fused-ring (bicyclic) bond motifs is 1. The van der Waals surface area contributed by atoms with Crippen LogP contribution >= 0.6 is 0 Å². The lowest BCUT2D eigenvalue weighted by Crippen LogP contribution is -2.36. The van der Waals surface area contributed by atoms with Crippen LogP contribution < -0.4 is 15.5 Å². The lowest BCUT2D eigenvalue weighted by molar-refractivity contribution is -0.138. The SMILES string of the molecule is FC(F)(F)c1ccc(Cn2cnc3c(Nc4ccc(N5CCOCC5)cc4)nc(Nc4ccc(C(F)(F)F)cc4)nc32)cc1. The predicted molar refractivity (Wildman–Crippen MR) is 153 cm³/mol. The van der Waals surface area contributed by atoms with Gasteiger partial charge < -0.3 is 24.8 Å². The monoisotopic (exact) mass is 613 g/mol. The van der Waals surface area contributed by atoms with Crippen LogP contribution in [0.5, 0.6) is 0 Å². The highest BCUT2D eigenvalue weighted by molar-refractivity contribution is 5.87. The minimum absolute atomic E-state index is 0.0823. The Balaban J connectivity index is 1.32. The smallest absolute Gasteiger partial charge is 0.378 e. The van der Waals surface area contributed by atoms with Gasteiger partial charge in [0.25, 0.3) is 0 Å². The Morgan fingerprint density at radius 1 is 0.705 bits per heavy atom. The van der Waals surface area contributed by atoms with Crippen molar-refractivity contribution >= 4 is 40.0 Å². The highest BCUT2D eigenvalue weighted by Crippen LogP contribution is 2.32. The molecule has 0 unspecified atom stereocenters. The maximum absolute atomic E-state index is 13.1. The molecule has 14 heteroatoms. The Kier molecular flexibility index (Phi) is 7.76. The summed E-state index contributed by atoms with van der Waals surface area (Å²) >= 11 is 0. The fourth-order valence-corrected chi connectivity index (χ4v) is 4.78. The second-order valence-electron chi connectivity index (χ2n) is 10.1. The molecule has 1 aliphatic heterocycles. The molecule has 44 heavy (non-hydrogen) atoms. The second-order valence-corrected chi connectivity index (χ2v) is 10.1. The average molecular weight is 614 g/mol. The van der Waals surface area contributed by atoms with Crippen LogP contribution in [0.25, 0.3) is 11.2 Å². The van der Waals surface area contributed by atoms with E-state index < -0.39 is 23.5 Å². The van der Waals surface area contributed by atoms with Gasteiger partial charge in [-0.15, -0.1) is 0 Å². The molecule has 2 N–H and O–H groups in total. The molecule has 2 aromatic heterocycles. The van der Waals surface area contributed by atoms with Crippen LogP contribution in [0.15, 0.2) is 79.1 Å². The van der Waals surface area contributed by atoms with E-state index in [2.05, 4.69) is 30.5 Å². The fraction of sp³-hybridized carbons (Fsp3) is 0.233. The van der Waals surface area contributed by atoms with Crippen molar-refractivity contribution in [2.75, 3.05) is 41.8 Å². The number of imidazole rings is 1. The van der Waals surface area contributed by atoms with E-state index >= 15 is 0 Å². The van der Waals surface area contributed by atoms with Crippen molar-refractivity contribution in [3.05, 3.63) is 95.8 Å². The van der Waals surface area contributed by atoms with Crippen molar-refractivity contribution in [1.82, 2.24) is 19.5 Å². The summed E-state index contributed by atoms with van der Waals surface area (Å²) in [4.78, 5) is 15.8. The number of rotatable bonds is 7. The molecule has 0 amide bonds. The predicted octanol–water partition coefficient (Wildman–Crippen LogP) is 7.24. The summed E-state index contributed by atoms with van der Waals surface area (Å²) in [5, 5.41) is 6.19. The number of hydrogen-bond donors (Lipinski definition) is 2. The minimum atomic E-state index is -4.48. The summed E-state index contributed by atoms with van der Waals surface area (Å²) in [6.07, 6.45) is -7.42. The Labute approximate surface area is 247 Å². The number of benzene rings is 3. The van der Waals surface area contributed by atoms with Gasteiger partial charge in [0.15, 0.2) is 17.0 Å². The third-order valence-electron chi connectivity index (χ3n) is 7.07. The molecular weight excluding hydrogens is 588 g/mol. The summed E-state index contributed by atoms with van der Waals surface area (Å²) in [7, 11) is 0. The van der Waals surface area contributed by atoms with E-state index in [-0.39, 0.29) is 12.5 Å². The Hall–Kier alpha value is -4.85. The zero-order valence-corrected chi connectivity index (χ0v) is 23.0. The van der Waals surface area contributed by atoms with Crippen LogP contribution in [0.3, 0.4) is 0 Å². The van der Waals surface area contributed by atoms with E-state index in [0.29, 0.717) is 47.1 Å². The first-order valence-corrected chi connectivity index (χ1v) is 13.6. The number of nitrogens with one attached hydrogen (secondary N) is 2. The summed E-state index contributed by atoms with van der Waals surface area (Å²) in [5.41, 5.74) is 1.87. The number of alkyl halides is 6. The number of hydrogen-bond acceptors (Lipinski definition) is 7. The number of aromatic nitrogens is 4. The van der Waals surface area contributed by atoms with Crippen molar-refractivity contribution in [1.29, 1.82) is 0 Å². The van der Waals surface area contributed by atoms with Crippen molar-refractivity contribution in [2.24, 2.45) is 0 Å². The van der Waals surface area contributed by atoms with E-state index in [4.69, 9.17) is 4.74 Å². The third-order valence-corrected chi connectivity index (χ3v) is 7.07. The normalized spacial score (nSPS) is 14.2. The third kappa shape index (κ3) is 6.54. The van der Waals surface area contributed by atoms with Crippen LogP contribution in [-0.2, 0) is 23.6 Å². The van der Waals surface area contributed by atoms with Crippen molar-refractivity contribution in [3.63, 3.8) is 0 Å². The molecule has 8 nitrogen and oxygen atoms in total. The molecule has 3 heterocycles. The molecule has 6 rings (SSSR count). The summed E-state index contributed by atoms with van der Waals surface area (Å²) in [6, 6.07) is 16.9. The maximum Gasteiger partial charge on any atom is 0.416 e. The fourth-order valence-electron chi connectivity index (χ4n) is 4.78. The number of morpholine rings is 1. The molecule has 0 bridgehead atoms. The Morgan fingerprint density at radius 3 is 1.89 bits per heavy atom. The van der Waals surface area contributed by atoms with Gasteiger partial charge in [0.2, 0.25) is 5.95 Å². The van der Waals surface area contributed by atoms with Crippen LogP contribution in [0.2, 0.25) is 0 Å². The first-order valence-electron chi connectivity index (χ1n) is 13.6. The van der Waals surface area contributed by atoms with Crippen molar-refractivity contribution in [3.8, 4) is 0 Å². The summed E-state index contributed by atoms with van der Waals surface area (Å²) < 4.78 is 85.4. The van der Waals surface area contributed by atoms with E-state index in [9.17, 15) is 26.3 Å². The number of nitrogens with zero attached hydrogens (tertiary/aromatic N) is 5. The molecule has 1 aliphatic rings. The second kappa shape index (κ2) is 11.7. The van der Waals surface area contributed by atoms with E-state index in [1.807, 2.05) is 24.3 Å². The largest absolute Gasteiger partial charge is 0.416 e. The van der Waals surface area contributed by atoms with Crippen LogP contribution in [0.4, 0.5) is 55.2 Å². The lowest BCUT2D eigenvalue weighted by Gasteiger charge is -2.28. The van der Waals surface area contributed by atoms with Gasteiger partial charge >= 0.3 is 12.4 Å². The molecule has 1 saturated heterocycles. The molecular formula is C30H25F6N7O. The standard InChI is InChI=1S/C30H25F6N7O/c31-29(32,33)20-3-1-19(2-4-20)17-43-18-37-25-26(38-22-9-11-24(12-10-22)42-13-15-44-16-14-42)40-28(41-27(25)43)39-23-7-5-21(6-8-23)30(34,35)36/h1-12,18H,13-17H2,(H2,38,39,40,41). The molecule has 3 aromatic carbocycles. The first-order chi connectivity index (χ1) is 21.0. The molecule has 0 saturated carbocycles. The maximum atomic E-state index is 13.1. The molecule has 5 aromatic rings. The van der Waals surface area contributed by atoms with Gasteiger partial charge in [-0.05, 0) is 66.2 Å². The van der Waals surface area contributed by atoms with E-state index in [1.54, 1.807) is 4.57 Å². The summed E-state index contributed by atoms with van der Waals surface area (Å²) in [5.74, 6) is 0.411. The topological polar surface area (TPSA) is 80.1 Å². The van der Waals surface area contributed by atoms with Gasteiger partial charge in [0, 0.05) is 30.2 Å². The van der Waals surface area contributed by atoms with Crippen LogP contribution in [-0.4, -0.2) is 45.8 Å². The van der Waals surface area contributed by atoms with Crippen LogP contribution in [0.1, 0.15) is 16.7 Å².